The molecule has 4 heterocycles. The molecule has 6 aromatic rings. The van der Waals surface area contributed by atoms with Crippen LogP contribution in [0.5, 0.6) is 0 Å². The molecule has 1 radical (unpaired) electrons. The minimum absolute atomic E-state index is 0. The molecule has 0 aliphatic heterocycles. The molecule has 0 saturated carbocycles. The van der Waals surface area contributed by atoms with E-state index in [0.717, 1.165) is 33.2 Å². The fourth-order valence-electron chi connectivity index (χ4n) is 4.97. The van der Waals surface area contributed by atoms with Crippen LogP contribution in [-0.4, -0.2) is 23.0 Å². The van der Waals surface area contributed by atoms with Crippen molar-refractivity contribution >= 4 is 35.3 Å². The molecule has 4 aromatic heterocycles. The first kappa shape index (κ1) is 30.9. The van der Waals surface area contributed by atoms with E-state index in [2.05, 4.69) is 52.8 Å². The third-order valence-corrected chi connectivity index (χ3v) is 9.22. The van der Waals surface area contributed by atoms with Crippen molar-refractivity contribution in [2.24, 2.45) is 0 Å². The first-order chi connectivity index (χ1) is 20.3. The molecule has 0 atom stereocenters. The molecule has 2 aromatic carbocycles. The van der Waals surface area contributed by atoms with Gasteiger partial charge in [0.25, 0.3) is 0 Å². The van der Waals surface area contributed by atoms with Crippen molar-refractivity contribution in [3.8, 4) is 22.5 Å². The Kier molecular flexibility index (Phi) is 9.65. The number of nitrogens with zero attached hydrogens (tertiary/aromatic N) is 3. The van der Waals surface area contributed by atoms with Crippen LogP contribution < -0.4 is 5.19 Å². The second kappa shape index (κ2) is 13.4. The summed E-state index contributed by atoms with van der Waals surface area (Å²) in [5.74, 6) is -0.822. The Balaban J connectivity index is 0.000000199. The zero-order chi connectivity index (χ0) is 30.9. The van der Waals surface area contributed by atoms with Gasteiger partial charge in [-0.05, 0) is 46.1 Å². The molecule has 0 fully saturated rings. The van der Waals surface area contributed by atoms with E-state index in [1.54, 1.807) is 12.3 Å². The van der Waals surface area contributed by atoms with Crippen LogP contribution in [0.2, 0.25) is 19.6 Å². The summed E-state index contributed by atoms with van der Waals surface area (Å²) in [5, 5.41) is 3.18. The minimum atomic E-state index is -1.50. The van der Waals surface area contributed by atoms with E-state index in [1.807, 2.05) is 82.4 Å². The van der Waals surface area contributed by atoms with Crippen LogP contribution >= 0.6 is 0 Å². The Labute approximate surface area is 269 Å². The Morgan fingerprint density at radius 2 is 1.58 bits per heavy atom. The van der Waals surface area contributed by atoms with Crippen LogP contribution in [0.3, 0.4) is 0 Å². The second-order valence-corrected chi connectivity index (χ2v) is 17.0. The van der Waals surface area contributed by atoms with E-state index in [1.165, 1.54) is 11.4 Å². The van der Waals surface area contributed by atoms with Crippen molar-refractivity contribution in [3.63, 3.8) is 0 Å². The van der Waals surface area contributed by atoms with Crippen molar-refractivity contribution < 1.29 is 30.3 Å². The van der Waals surface area contributed by atoms with Gasteiger partial charge < -0.3 is 14.4 Å². The average molecular weight is 767 g/mol. The van der Waals surface area contributed by atoms with Crippen LogP contribution in [0.15, 0.2) is 83.7 Å². The Bertz CT molecular complexity index is 1900. The van der Waals surface area contributed by atoms with Crippen LogP contribution in [-0.2, 0) is 20.1 Å². The smallest absolute Gasteiger partial charge is 0.216 e. The van der Waals surface area contributed by atoms with Crippen LogP contribution in [0.25, 0.3) is 44.6 Å². The molecular weight excluding hydrogens is 730 g/mol. The molecule has 7 heteroatoms. The molecule has 223 valence electrons. The SMILES string of the molecule is CC(C)c1cc(-c2[c-]ccc3c2oc2ncccc23)ncc1F.[2H]C(C)(C)c1cc(-c2[c-]cccc2)ncc1[Si](C)(C)C.[Ir]. The molecule has 0 N–H and O–H groups in total. The molecule has 0 aliphatic rings. The zero-order valence-corrected chi connectivity index (χ0v) is 28.9. The molecule has 0 saturated heterocycles. The Morgan fingerprint density at radius 3 is 2.26 bits per heavy atom. The van der Waals surface area contributed by atoms with Crippen molar-refractivity contribution in [2.45, 2.75) is 59.1 Å². The van der Waals surface area contributed by atoms with Gasteiger partial charge in [-0.1, -0.05) is 76.0 Å². The fourth-order valence-corrected chi connectivity index (χ4v) is 6.55. The van der Waals surface area contributed by atoms with E-state index >= 15 is 0 Å². The minimum Gasteiger partial charge on any atom is -0.486 e. The summed E-state index contributed by atoms with van der Waals surface area (Å²) >= 11 is 0. The van der Waals surface area contributed by atoms with E-state index in [4.69, 9.17) is 5.79 Å². The summed E-state index contributed by atoms with van der Waals surface area (Å²) in [7, 11) is -1.50. The summed E-state index contributed by atoms with van der Waals surface area (Å²) < 4.78 is 28.2. The van der Waals surface area contributed by atoms with Crippen LogP contribution in [0.4, 0.5) is 4.39 Å². The molecule has 0 amide bonds. The Morgan fingerprint density at radius 1 is 0.837 bits per heavy atom. The fraction of sp³-hybridized carbons (Fsp3) is 0.250. The molecule has 0 spiro atoms. The van der Waals surface area contributed by atoms with Crippen LogP contribution in [0.1, 0.15) is 52.0 Å². The number of hydrogen-bond acceptors (Lipinski definition) is 4. The number of fused-ring (bicyclic) bond motifs is 3. The van der Waals surface area contributed by atoms with E-state index in [9.17, 15) is 4.39 Å². The zero-order valence-electron chi connectivity index (χ0n) is 26.5. The molecule has 4 nitrogen and oxygen atoms in total. The van der Waals surface area contributed by atoms with Crippen molar-refractivity contribution in [1.82, 2.24) is 15.0 Å². The van der Waals surface area contributed by atoms with Gasteiger partial charge in [-0.25, -0.2) is 9.37 Å². The van der Waals surface area contributed by atoms with Gasteiger partial charge in [-0.15, -0.1) is 54.1 Å². The van der Waals surface area contributed by atoms with E-state index in [0.29, 0.717) is 22.6 Å². The topological polar surface area (TPSA) is 51.8 Å². The first-order valence-corrected chi connectivity index (χ1v) is 17.7. The summed E-state index contributed by atoms with van der Waals surface area (Å²) in [5.41, 5.74) is 6.25. The van der Waals surface area contributed by atoms with Crippen molar-refractivity contribution in [3.05, 3.63) is 108 Å². The number of rotatable bonds is 5. The second-order valence-electron chi connectivity index (χ2n) is 11.9. The number of halogens is 1. The van der Waals surface area contributed by atoms with Gasteiger partial charge in [0.1, 0.15) is 5.82 Å². The number of pyridine rings is 3. The third kappa shape index (κ3) is 7.01. The largest absolute Gasteiger partial charge is 0.486 e. The maximum atomic E-state index is 13.9. The van der Waals surface area contributed by atoms with Gasteiger partial charge in [0.05, 0.1) is 19.9 Å². The molecule has 0 unspecified atom stereocenters. The monoisotopic (exact) mass is 767 g/mol. The van der Waals surface area contributed by atoms with Gasteiger partial charge >= 0.3 is 0 Å². The number of aromatic nitrogens is 3. The van der Waals surface area contributed by atoms with Gasteiger partial charge in [-0.3, -0.25) is 0 Å². The quantitative estimate of drug-likeness (QED) is 0.130. The molecule has 43 heavy (non-hydrogen) atoms. The standard InChI is InChI=1S/C19H14FN2O.C17H22NSi.Ir/c1-11(2)15-9-17(22-10-16(15)20)14-6-3-5-12-13-7-4-8-21-19(13)23-18(12)14;1-13(2)15-11-16(14-9-7-6-8-10-14)18-12-17(15)19(3,4)5;/h3-5,7-11H,1-2H3;6-9,11-13H,1-5H3;/q2*-1;/i;13D;. The summed E-state index contributed by atoms with van der Waals surface area (Å²) in [6, 6.07) is 25.7. The van der Waals surface area contributed by atoms with Gasteiger partial charge in [0, 0.05) is 39.3 Å². The maximum absolute atomic E-state index is 13.9. The van der Waals surface area contributed by atoms with E-state index in [-0.39, 0.29) is 31.8 Å². The third-order valence-electron chi connectivity index (χ3n) is 7.21. The first-order valence-electron chi connectivity index (χ1n) is 14.7. The van der Waals surface area contributed by atoms with Crippen molar-refractivity contribution in [2.75, 3.05) is 0 Å². The molecule has 0 bridgehead atoms. The normalized spacial score (nSPS) is 12.1. The summed E-state index contributed by atoms with van der Waals surface area (Å²) in [6.45, 7) is 14.7. The predicted molar refractivity (Wildman–Crippen MR) is 173 cm³/mol. The van der Waals surface area contributed by atoms with Crippen LogP contribution in [0, 0.1) is 17.9 Å². The maximum Gasteiger partial charge on any atom is 0.216 e. The van der Waals surface area contributed by atoms with Crippen molar-refractivity contribution in [1.29, 1.82) is 0 Å². The summed E-state index contributed by atoms with van der Waals surface area (Å²) in [6.07, 6.45) is 4.94. The molecular formula is C36H36FIrN3OSi-2. The van der Waals surface area contributed by atoms with Gasteiger partial charge in [0.2, 0.25) is 5.71 Å². The number of benzene rings is 2. The van der Waals surface area contributed by atoms with E-state index < -0.39 is 14.0 Å². The average Bonchev–Trinajstić information content (AvgIpc) is 3.36. The molecule has 6 rings (SSSR count). The van der Waals surface area contributed by atoms with Gasteiger partial charge in [0.15, 0.2) is 0 Å². The summed E-state index contributed by atoms with van der Waals surface area (Å²) in [4.78, 5) is 13.1. The Hall–Kier alpha value is -3.51. The number of hydrogen-bond donors (Lipinski definition) is 0. The number of furan rings is 1. The molecule has 0 aliphatic carbocycles. The predicted octanol–water partition coefficient (Wildman–Crippen LogP) is 9.32. The van der Waals surface area contributed by atoms with Gasteiger partial charge in [-0.2, -0.15) is 0 Å².